The Morgan fingerprint density at radius 1 is 1.11 bits per heavy atom. The van der Waals surface area contributed by atoms with Gasteiger partial charge in [-0.2, -0.15) is 5.26 Å². The first kappa shape index (κ1) is 19.0. The van der Waals surface area contributed by atoms with E-state index in [4.69, 9.17) is 9.47 Å². The molecule has 6 heteroatoms. The second-order valence-electron chi connectivity index (χ2n) is 5.82. The normalized spacial score (nSPS) is 10.4. The summed E-state index contributed by atoms with van der Waals surface area (Å²) in [4.78, 5) is 4.42. The number of hydrogen-bond donors (Lipinski definition) is 1. The van der Waals surface area contributed by atoms with Crippen molar-refractivity contribution in [1.82, 2.24) is 4.98 Å². The van der Waals surface area contributed by atoms with Crippen LogP contribution in [0.4, 0.5) is 5.69 Å². The fraction of sp³-hybridized carbons (Fsp3) is 0.238. The molecular formula is C21H20BrN3O2. The number of benzene rings is 2. The number of rotatable bonds is 7. The second-order valence-corrected chi connectivity index (χ2v) is 6.74. The molecule has 1 N–H and O–H groups in total. The van der Waals surface area contributed by atoms with Crippen LogP contribution in [0.5, 0.6) is 11.5 Å². The first-order valence-corrected chi connectivity index (χ1v) is 9.56. The van der Waals surface area contributed by atoms with Crippen LogP contribution >= 0.6 is 15.9 Å². The number of anilines is 1. The molecule has 0 unspecified atom stereocenters. The molecule has 5 nitrogen and oxygen atoms in total. The molecule has 0 saturated carbocycles. The Hall–Kier alpha value is -2.78. The Bertz CT molecular complexity index is 999. The van der Waals surface area contributed by atoms with E-state index in [2.05, 4.69) is 32.3 Å². The standard InChI is InChI=1S/C21H20BrN3O2/c1-3-26-19-9-17-18(10-20(19)27-4-2)24-13-15(11-23)21(17)25-12-14-6-5-7-16(22)8-14/h5-10,13H,3-4,12H2,1-2H3,(H,24,25). The Morgan fingerprint density at radius 3 is 2.52 bits per heavy atom. The highest BCUT2D eigenvalue weighted by Gasteiger charge is 2.14. The molecule has 0 aliphatic heterocycles. The van der Waals surface area contributed by atoms with E-state index in [1.165, 1.54) is 0 Å². The Morgan fingerprint density at radius 2 is 1.85 bits per heavy atom. The molecule has 3 aromatic rings. The van der Waals surface area contributed by atoms with Gasteiger partial charge in [0.15, 0.2) is 11.5 Å². The maximum atomic E-state index is 9.54. The number of fused-ring (bicyclic) bond motifs is 1. The zero-order valence-electron chi connectivity index (χ0n) is 15.3. The zero-order chi connectivity index (χ0) is 19.2. The summed E-state index contributed by atoms with van der Waals surface area (Å²) in [6.07, 6.45) is 1.58. The van der Waals surface area contributed by atoms with Crippen LogP contribution in [-0.2, 0) is 6.54 Å². The van der Waals surface area contributed by atoms with Crippen molar-refractivity contribution in [2.24, 2.45) is 0 Å². The lowest BCUT2D eigenvalue weighted by Gasteiger charge is -2.15. The molecule has 0 atom stereocenters. The fourth-order valence-corrected chi connectivity index (χ4v) is 3.30. The number of pyridine rings is 1. The molecule has 3 rings (SSSR count). The van der Waals surface area contributed by atoms with Gasteiger partial charge in [0.25, 0.3) is 0 Å². The lowest BCUT2D eigenvalue weighted by Crippen LogP contribution is -2.04. The van der Waals surface area contributed by atoms with Crippen molar-refractivity contribution in [3.63, 3.8) is 0 Å². The third-order valence-electron chi connectivity index (χ3n) is 4.01. The number of nitrogens with zero attached hydrogens (tertiary/aromatic N) is 2. The van der Waals surface area contributed by atoms with Crippen molar-refractivity contribution in [3.05, 3.63) is 58.2 Å². The number of hydrogen-bond acceptors (Lipinski definition) is 5. The average molecular weight is 426 g/mol. The van der Waals surface area contributed by atoms with Crippen molar-refractivity contribution >= 4 is 32.5 Å². The van der Waals surface area contributed by atoms with E-state index in [-0.39, 0.29) is 0 Å². The van der Waals surface area contributed by atoms with Crippen LogP contribution in [0, 0.1) is 11.3 Å². The van der Waals surface area contributed by atoms with Crippen molar-refractivity contribution in [3.8, 4) is 17.6 Å². The number of nitrogens with one attached hydrogen (secondary N) is 1. The van der Waals surface area contributed by atoms with E-state index >= 15 is 0 Å². The van der Waals surface area contributed by atoms with E-state index in [1.54, 1.807) is 6.20 Å². The van der Waals surface area contributed by atoms with Crippen LogP contribution in [0.1, 0.15) is 25.0 Å². The molecule has 0 aliphatic rings. The molecule has 0 radical (unpaired) electrons. The summed E-state index contributed by atoms with van der Waals surface area (Å²) in [7, 11) is 0. The lowest BCUT2D eigenvalue weighted by atomic mass is 10.1. The molecular weight excluding hydrogens is 406 g/mol. The summed E-state index contributed by atoms with van der Waals surface area (Å²) < 4.78 is 12.4. The van der Waals surface area contributed by atoms with Crippen LogP contribution in [-0.4, -0.2) is 18.2 Å². The van der Waals surface area contributed by atoms with Gasteiger partial charge in [-0.3, -0.25) is 4.98 Å². The van der Waals surface area contributed by atoms with Crippen LogP contribution < -0.4 is 14.8 Å². The van der Waals surface area contributed by atoms with Gasteiger partial charge in [-0.05, 0) is 37.6 Å². The minimum Gasteiger partial charge on any atom is -0.490 e. The van der Waals surface area contributed by atoms with Crippen LogP contribution in [0.15, 0.2) is 47.1 Å². The van der Waals surface area contributed by atoms with E-state index in [9.17, 15) is 5.26 Å². The zero-order valence-corrected chi connectivity index (χ0v) is 16.8. The second kappa shape index (κ2) is 8.74. The fourth-order valence-electron chi connectivity index (χ4n) is 2.85. The molecule has 0 saturated heterocycles. The number of ether oxygens (including phenoxy) is 2. The Labute approximate surface area is 167 Å². The van der Waals surface area contributed by atoms with E-state index < -0.39 is 0 Å². The summed E-state index contributed by atoms with van der Waals surface area (Å²) in [6, 6.07) is 14.0. The van der Waals surface area contributed by atoms with Crippen molar-refractivity contribution in [2.75, 3.05) is 18.5 Å². The minimum absolute atomic E-state index is 0.490. The largest absolute Gasteiger partial charge is 0.490 e. The molecule has 1 aromatic heterocycles. The monoisotopic (exact) mass is 425 g/mol. The van der Waals surface area contributed by atoms with Gasteiger partial charge < -0.3 is 14.8 Å². The molecule has 0 bridgehead atoms. The Balaban J connectivity index is 2.05. The molecule has 0 aliphatic carbocycles. The van der Waals surface area contributed by atoms with Crippen LogP contribution in [0.25, 0.3) is 10.9 Å². The highest BCUT2D eigenvalue weighted by Crippen LogP contribution is 2.36. The van der Waals surface area contributed by atoms with Gasteiger partial charge in [0.05, 0.1) is 30.0 Å². The van der Waals surface area contributed by atoms with Gasteiger partial charge in [0, 0.05) is 28.7 Å². The molecule has 0 spiro atoms. The molecule has 27 heavy (non-hydrogen) atoms. The van der Waals surface area contributed by atoms with E-state index in [0.717, 1.165) is 26.6 Å². The van der Waals surface area contributed by atoms with Gasteiger partial charge in [-0.1, -0.05) is 28.1 Å². The average Bonchev–Trinajstić information content (AvgIpc) is 2.67. The maximum absolute atomic E-state index is 9.54. The van der Waals surface area contributed by atoms with E-state index in [1.807, 2.05) is 50.2 Å². The SMILES string of the molecule is CCOc1cc2ncc(C#N)c(NCc3cccc(Br)c3)c2cc1OCC. The summed E-state index contributed by atoms with van der Waals surface area (Å²) in [5.74, 6) is 1.30. The van der Waals surface area contributed by atoms with Gasteiger partial charge in [-0.25, -0.2) is 0 Å². The van der Waals surface area contributed by atoms with Crippen molar-refractivity contribution in [2.45, 2.75) is 20.4 Å². The number of halogens is 1. The summed E-state index contributed by atoms with van der Waals surface area (Å²) in [5.41, 5.74) is 3.09. The van der Waals surface area contributed by atoms with Crippen LogP contribution in [0.3, 0.4) is 0 Å². The van der Waals surface area contributed by atoms with E-state index in [0.29, 0.717) is 36.8 Å². The van der Waals surface area contributed by atoms with Gasteiger partial charge in [-0.15, -0.1) is 0 Å². The molecule has 1 heterocycles. The Kier molecular flexibility index (Phi) is 6.15. The highest BCUT2D eigenvalue weighted by molar-refractivity contribution is 9.10. The summed E-state index contributed by atoms with van der Waals surface area (Å²) in [6.45, 7) is 5.51. The topological polar surface area (TPSA) is 67.2 Å². The first-order valence-electron chi connectivity index (χ1n) is 8.77. The third-order valence-corrected chi connectivity index (χ3v) is 4.51. The van der Waals surface area contributed by atoms with Gasteiger partial charge in [0.2, 0.25) is 0 Å². The first-order chi connectivity index (χ1) is 13.2. The quantitative estimate of drug-likeness (QED) is 0.557. The summed E-state index contributed by atoms with van der Waals surface area (Å²) in [5, 5.41) is 13.8. The molecule has 0 amide bonds. The third kappa shape index (κ3) is 4.32. The predicted octanol–water partition coefficient (Wildman–Crippen LogP) is 5.28. The number of aromatic nitrogens is 1. The molecule has 138 valence electrons. The summed E-state index contributed by atoms with van der Waals surface area (Å²) >= 11 is 3.49. The molecule has 0 fully saturated rings. The lowest BCUT2D eigenvalue weighted by molar-refractivity contribution is 0.288. The van der Waals surface area contributed by atoms with Crippen LogP contribution in [0.2, 0.25) is 0 Å². The number of nitriles is 1. The smallest absolute Gasteiger partial charge is 0.163 e. The predicted molar refractivity (Wildman–Crippen MR) is 110 cm³/mol. The van der Waals surface area contributed by atoms with Gasteiger partial charge in [0.1, 0.15) is 6.07 Å². The molecule has 2 aromatic carbocycles. The van der Waals surface area contributed by atoms with Gasteiger partial charge >= 0.3 is 0 Å². The minimum atomic E-state index is 0.490. The van der Waals surface area contributed by atoms with Crippen molar-refractivity contribution in [1.29, 1.82) is 5.26 Å². The van der Waals surface area contributed by atoms with Crippen molar-refractivity contribution < 1.29 is 9.47 Å². The highest BCUT2D eigenvalue weighted by atomic mass is 79.9. The maximum Gasteiger partial charge on any atom is 0.163 e.